The summed E-state index contributed by atoms with van der Waals surface area (Å²) >= 11 is 0.630. The van der Waals surface area contributed by atoms with Crippen molar-refractivity contribution < 1.29 is 22.4 Å². The van der Waals surface area contributed by atoms with Gasteiger partial charge in [-0.3, -0.25) is 4.79 Å². The Morgan fingerprint density at radius 1 is 1.07 bits per heavy atom. The van der Waals surface area contributed by atoms with Crippen molar-refractivity contribution >= 4 is 18.0 Å². The van der Waals surface area contributed by atoms with Crippen molar-refractivity contribution in [1.82, 2.24) is 0 Å². The first kappa shape index (κ1) is 12.0. The number of halogens is 4. The molecule has 82 valence electrons. The van der Waals surface area contributed by atoms with Gasteiger partial charge in [0.15, 0.2) is 29.6 Å². The van der Waals surface area contributed by atoms with Gasteiger partial charge in [0.05, 0.1) is 10.5 Å². The molecule has 0 saturated carbocycles. The molecule has 0 unspecified atom stereocenters. The van der Waals surface area contributed by atoms with Crippen LogP contribution in [0.1, 0.15) is 17.3 Å². The minimum absolute atomic E-state index is 0.253. The summed E-state index contributed by atoms with van der Waals surface area (Å²) in [5, 5.41) is 0. The lowest BCUT2D eigenvalue weighted by Gasteiger charge is -2.07. The Kier molecular flexibility index (Phi) is 3.73. The first-order chi connectivity index (χ1) is 7.04. The van der Waals surface area contributed by atoms with E-state index in [0.717, 1.165) is 0 Å². The molecule has 1 nitrogen and oxygen atoms in total. The monoisotopic (exact) mass is 238 g/mol. The van der Waals surface area contributed by atoms with Gasteiger partial charge < -0.3 is 0 Å². The first-order valence-corrected chi connectivity index (χ1v) is 4.97. The molecule has 0 aliphatic heterocycles. The fraction of sp³-hybridized carbons (Fsp3) is 0.222. The van der Waals surface area contributed by atoms with E-state index in [1.54, 1.807) is 6.92 Å². The van der Waals surface area contributed by atoms with Crippen molar-refractivity contribution in [3.05, 3.63) is 28.8 Å². The maximum absolute atomic E-state index is 13.1. The highest BCUT2D eigenvalue weighted by Gasteiger charge is 2.24. The van der Waals surface area contributed by atoms with Crippen molar-refractivity contribution in [3.8, 4) is 0 Å². The van der Waals surface area contributed by atoms with Crippen LogP contribution in [0.2, 0.25) is 0 Å². The van der Waals surface area contributed by atoms with E-state index in [1.807, 2.05) is 0 Å². The summed E-state index contributed by atoms with van der Waals surface area (Å²) in [5.41, 5.74) is -1.22. The van der Waals surface area contributed by atoms with Crippen LogP contribution in [0.3, 0.4) is 0 Å². The number of carbonyl (C=O) groups is 1. The smallest absolute Gasteiger partial charge is 0.176 e. The molecule has 0 heterocycles. The van der Waals surface area contributed by atoms with Gasteiger partial charge >= 0.3 is 0 Å². The van der Waals surface area contributed by atoms with E-state index in [9.17, 15) is 22.4 Å². The average molecular weight is 238 g/mol. The second kappa shape index (κ2) is 4.65. The second-order valence-corrected chi connectivity index (χ2v) is 3.82. The standard InChI is InChI=1S/C9H6F4OS/c1-2-15-9-7(12)5(10)4(3-14)6(11)8(9)13/h3H,2H2,1H3. The second-order valence-electron chi connectivity index (χ2n) is 2.55. The van der Waals surface area contributed by atoms with Crippen LogP contribution < -0.4 is 0 Å². The maximum atomic E-state index is 13.1. The molecule has 0 aliphatic carbocycles. The average Bonchev–Trinajstić information content (AvgIpc) is 2.23. The van der Waals surface area contributed by atoms with Crippen LogP contribution in [0.25, 0.3) is 0 Å². The van der Waals surface area contributed by atoms with E-state index < -0.39 is 33.7 Å². The van der Waals surface area contributed by atoms with E-state index in [-0.39, 0.29) is 12.0 Å². The molecule has 1 aromatic rings. The molecule has 0 N–H and O–H groups in total. The number of hydrogen-bond donors (Lipinski definition) is 0. The maximum Gasteiger partial charge on any atom is 0.176 e. The van der Waals surface area contributed by atoms with Crippen molar-refractivity contribution in [2.24, 2.45) is 0 Å². The van der Waals surface area contributed by atoms with Crippen molar-refractivity contribution in [2.75, 3.05) is 5.75 Å². The lowest BCUT2D eigenvalue weighted by atomic mass is 10.2. The van der Waals surface area contributed by atoms with E-state index in [0.29, 0.717) is 11.8 Å². The van der Waals surface area contributed by atoms with Gasteiger partial charge in [0.2, 0.25) is 0 Å². The van der Waals surface area contributed by atoms with E-state index in [2.05, 4.69) is 0 Å². The first-order valence-electron chi connectivity index (χ1n) is 3.98. The Labute approximate surface area is 87.5 Å². The molecule has 0 aliphatic rings. The Morgan fingerprint density at radius 2 is 1.53 bits per heavy atom. The van der Waals surface area contributed by atoms with E-state index in [4.69, 9.17) is 0 Å². The Balaban J connectivity index is 3.51. The highest BCUT2D eigenvalue weighted by atomic mass is 32.2. The number of thioether (sulfide) groups is 1. The fourth-order valence-corrected chi connectivity index (χ4v) is 1.72. The van der Waals surface area contributed by atoms with Crippen molar-refractivity contribution in [3.63, 3.8) is 0 Å². The summed E-state index contributed by atoms with van der Waals surface area (Å²) < 4.78 is 52.2. The zero-order valence-electron chi connectivity index (χ0n) is 7.61. The molecular weight excluding hydrogens is 232 g/mol. The molecule has 0 saturated heterocycles. The van der Waals surface area contributed by atoms with Crippen LogP contribution in [0, 0.1) is 23.3 Å². The summed E-state index contributed by atoms with van der Waals surface area (Å²) in [5.74, 6) is -6.10. The van der Waals surface area contributed by atoms with Crippen molar-refractivity contribution in [2.45, 2.75) is 11.8 Å². The molecule has 1 rings (SSSR count). The zero-order valence-corrected chi connectivity index (χ0v) is 8.43. The Hall–Kier alpha value is -1.04. The summed E-state index contributed by atoms with van der Waals surface area (Å²) in [6, 6.07) is 0. The number of hydrogen-bond acceptors (Lipinski definition) is 2. The Bertz CT molecular complexity index is 377. The molecule has 0 atom stereocenters. The summed E-state index contributed by atoms with van der Waals surface area (Å²) in [7, 11) is 0. The quantitative estimate of drug-likeness (QED) is 0.348. The molecule has 15 heavy (non-hydrogen) atoms. The van der Waals surface area contributed by atoms with Crippen LogP contribution in [-0.2, 0) is 0 Å². The zero-order chi connectivity index (χ0) is 11.6. The molecule has 0 spiro atoms. The predicted molar refractivity (Wildman–Crippen MR) is 48.1 cm³/mol. The molecule has 0 bridgehead atoms. The predicted octanol–water partition coefficient (Wildman–Crippen LogP) is 3.17. The third-order valence-electron chi connectivity index (χ3n) is 1.66. The molecule has 1 aromatic carbocycles. The normalized spacial score (nSPS) is 10.5. The summed E-state index contributed by atoms with van der Waals surface area (Å²) in [6.07, 6.45) is -0.253. The van der Waals surface area contributed by atoms with Gasteiger partial charge in [-0.15, -0.1) is 11.8 Å². The van der Waals surface area contributed by atoms with Gasteiger partial charge in [-0.2, -0.15) is 0 Å². The van der Waals surface area contributed by atoms with Crippen LogP contribution in [0.4, 0.5) is 17.6 Å². The minimum Gasteiger partial charge on any atom is -0.298 e. The number of benzene rings is 1. The third-order valence-corrected chi connectivity index (χ3v) is 2.60. The highest BCUT2D eigenvalue weighted by molar-refractivity contribution is 7.99. The van der Waals surface area contributed by atoms with Gasteiger partial charge in [-0.05, 0) is 5.75 Å². The summed E-state index contributed by atoms with van der Waals surface area (Å²) in [6.45, 7) is 1.58. The van der Waals surface area contributed by atoms with Gasteiger partial charge in [-0.1, -0.05) is 6.92 Å². The molecule has 0 fully saturated rings. The van der Waals surface area contributed by atoms with Gasteiger partial charge in [0.25, 0.3) is 0 Å². The molecule has 0 radical (unpaired) electrons. The lowest BCUT2D eigenvalue weighted by Crippen LogP contribution is -2.04. The van der Waals surface area contributed by atoms with Gasteiger partial charge in [0.1, 0.15) is 0 Å². The van der Waals surface area contributed by atoms with Gasteiger partial charge in [0, 0.05) is 0 Å². The van der Waals surface area contributed by atoms with Crippen LogP contribution in [0.15, 0.2) is 4.90 Å². The van der Waals surface area contributed by atoms with Gasteiger partial charge in [-0.25, -0.2) is 17.6 Å². The topological polar surface area (TPSA) is 17.1 Å². The molecule has 0 amide bonds. The fourth-order valence-electron chi connectivity index (χ4n) is 1.00. The molecule has 0 aromatic heterocycles. The number of carbonyl (C=O) groups excluding carboxylic acids is 1. The highest BCUT2D eigenvalue weighted by Crippen LogP contribution is 2.30. The van der Waals surface area contributed by atoms with Crippen LogP contribution in [0.5, 0.6) is 0 Å². The Morgan fingerprint density at radius 3 is 1.87 bits per heavy atom. The third kappa shape index (κ3) is 1.99. The minimum atomic E-state index is -1.65. The van der Waals surface area contributed by atoms with Crippen LogP contribution >= 0.6 is 11.8 Å². The summed E-state index contributed by atoms with van der Waals surface area (Å²) in [4.78, 5) is 9.46. The number of rotatable bonds is 3. The molecular formula is C9H6F4OS. The SMILES string of the molecule is CCSc1c(F)c(F)c(C=O)c(F)c1F. The van der Waals surface area contributed by atoms with Crippen molar-refractivity contribution in [1.29, 1.82) is 0 Å². The lowest BCUT2D eigenvalue weighted by molar-refractivity contribution is 0.111. The molecule has 6 heteroatoms. The van der Waals surface area contributed by atoms with Crippen LogP contribution in [-0.4, -0.2) is 12.0 Å². The number of aldehydes is 1. The largest absolute Gasteiger partial charge is 0.298 e. The van der Waals surface area contributed by atoms with E-state index >= 15 is 0 Å². The van der Waals surface area contributed by atoms with E-state index in [1.165, 1.54) is 0 Å².